The molecule has 0 bridgehead atoms. The second kappa shape index (κ2) is 4.77. The van der Waals surface area contributed by atoms with Crippen LogP contribution in [0.4, 0.5) is 4.79 Å². The minimum Gasteiger partial charge on any atom is -0.480 e. The predicted molar refractivity (Wildman–Crippen MR) is 62.7 cm³/mol. The van der Waals surface area contributed by atoms with Crippen LogP contribution in [0.2, 0.25) is 0 Å². The number of hydrogen-bond donors (Lipinski definition) is 1. The van der Waals surface area contributed by atoms with E-state index in [2.05, 4.69) is 0 Å². The molecule has 1 fully saturated rings. The molecule has 0 radical (unpaired) electrons. The van der Waals surface area contributed by atoms with E-state index >= 15 is 0 Å². The highest BCUT2D eigenvalue weighted by Gasteiger charge is 2.38. The van der Waals surface area contributed by atoms with Crippen LogP contribution in [0.3, 0.4) is 0 Å². The van der Waals surface area contributed by atoms with E-state index in [1.54, 1.807) is 20.8 Å². The van der Waals surface area contributed by atoms with E-state index in [0.717, 1.165) is 5.57 Å². The van der Waals surface area contributed by atoms with Crippen LogP contribution < -0.4 is 0 Å². The van der Waals surface area contributed by atoms with Crippen LogP contribution >= 0.6 is 0 Å². The Labute approximate surface area is 101 Å². The number of rotatable bonds is 1. The van der Waals surface area contributed by atoms with Crippen molar-refractivity contribution in [2.45, 2.75) is 45.8 Å². The number of likely N-dealkylation sites (tertiary alicyclic amines) is 1. The molecule has 1 aliphatic heterocycles. The van der Waals surface area contributed by atoms with E-state index in [1.807, 2.05) is 13.0 Å². The largest absolute Gasteiger partial charge is 0.480 e. The summed E-state index contributed by atoms with van der Waals surface area (Å²) in [6.07, 6.45) is 1.66. The molecule has 17 heavy (non-hydrogen) atoms. The molecule has 96 valence electrons. The summed E-state index contributed by atoms with van der Waals surface area (Å²) in [6, 6.07) is -0.809. The first-order chi connectivity index (χ1) is 7.74. The number of aliphatic carboxylic acids is 1. The Hall–Kier alpha value is -1.52. The molecule has 1 amide bonds. The number of carboxylic acids is 1. The fraction of sp³-hybridized carbons (Fsp3) is 0.667. The van der Waals surface area contributed by atoms with Crippen LogP contribution in [-0.4, -0.2) is 40.3 Å². The molecule has 1 heterocycles. The highest BCUT2D eigenvalue weighted by atomic mass is 16.6. The summed E-state index contributed by atoms with van der Waals surface area (Å²) >= 11 is 0. The minimum atomic E-state index is -0.993. The molecule has 0 saturated carbocycles. The number of hydrogen-bond acceptors (Lipinski definition) is 3. The van der Waals surface area contributed by atoms with Crippen molar-refractivity contribution in [2.24, 2.45) is 0 Å². The number of amides is 1. The summed E-state index contributed by atoms with van der Waals surface area (Å²) in [6.45, 7) is 7.45. The fourth-order valence-electron chi connectivity index (χ4n) is 1.69. The second-order valence-corrected chi connectivity index (χ2v) is 5.11. The third-order valence-corrected chi connectivity index (χ3v) is 2.53. The van der Waals surface area contributed by atoms with Gasteiger partial charge in [-0.3, -0.25) is 4.90 Å². The van der Waals surface area contributed by atoms with Gasteiger partial charge in [0.2, 0.25) is 0 Å². The molecule has 1 rings (SSSR count). The molecule has 1 saturated heterocycles. The Bertz CT molecular complexity index is 354. The van der Waals surface area contributed by atoms with E-state index < -0.39 is 23.7 Å². The monoisotopic (exact) mass is 241 g/mol. The molecule has 0 aliphatic carbocycles. The standard InChI is InChI=1S/C12H19NO4/c1-5-8-6-9(10(14)15)13(7-8)11(16)17-12(2,3)4/h5,9H,6-7H2,1-4H3,(H,14,15)/b8-5-/t9-/m0/s1. The van der Waals surface area contributed by atoms with Crippen LogP contribution in [0.25, 0.3) is 0 Å². The zero-order valence-electron chi connectivity index (χ0n) is 10.7. The van der Waals surface area contributed by atoms with Gasteiger partial charge < -0.3 is 9.84 Å². The molecule has 1 atom stereocenters. The number of ether oxygens (including phenoxy) is 1. The lowest BCUT2D eigenvalue weighted by atomic mass is 10.1. The van der Waals surface area contributed by atoms with Crippen molar-refractivity contribution >= 4 is 12.1 Å². The number of nitrogens with zero attached hydrogens (tertiary/aromatic N) is 1. The topological polar surface area (TPSA) is 66.8 Å². The van der Waals surface area contributed by atoms with Gasteiger partial charge in [-0.2, -0.15) is 0 Å². The fourth-order valence-corrected chi connectivity index (χ4v) is 1.69. The lowest BCUT2D eigenvalue weighted by Gasteiger charge is -2.26. The van der Waals surface area contributed by atoms with Gasteiger partial charge in [-0.1, -0.05) is 11.6 Å². The number of carbonyl (C=O) groups excluding carboxylic acids is 1. The second-order valence-electron chi connectivity index (χ2n) is 5.11. The van der Waals surface area contributed by atoms with E-state index in [9.17, 15) is 9.59 Å². The maximum Gasteiger partial charge on any atom is 0.411 e. The molecular weight excluding hydrogens is 222 g/mol. The lowest BCUT2D eigenvalue weighted by Crippen LogP contribution is -2.43. The molecule has 5 nitrogen and oxygen atoms in total. The van der Waals surface area contributed by atoms with Gasteiger partial charge in [0.1, 0.15) is 11.6 Å². The zero-order valence-corrected chi connectivity index (χ0v) is 10.7. The van der Waals surface area contributed by atoms with Crippen molar-refractivity contribution < 1.29 is 19.4 Å². The normalized spacial score (nSPS) is 22.9. The summed E-state index contributed by atoms with van der Waals surface area (Å²) in [5.74, 6) is -0.993. The average Bonchev–Trinajstić information content (AvgIpc) is 2.58. The number of carbonyl (C=O) groups is 2. The lowest BCUT2D eigenvalue weighted by molar-refractivity contribution is -0.142. The van der Waals surface area contributed by atoms with Gasteiger partial charge in [0.25, 0.3) is 0 Å². The minimum absolute atomic E-state index is 0.336. The highest BCUT2D eigenvalue weighted by Crippen LogP contribution is 2.24. The van der Waals surface area contributed by atoms with Gasteiger partial charge in [-0.15, -0.1) is 0 Å². The van der Waals surface area contributed by atoms with Crippen LogP contribution in [0, 0.1) is 0 Å². The Morgan fingerprint density at radius 3 is 2.47 bits per heavy atom. The van der Waals surface area contributed by atoms with Crippen molar-refractivity contribution in [1.29, 1.82) is 0 Å². The van der Waals surface area contributed by atoms with Crippen LogP contribution in [0.15, 0.2) is 11.6 Å². The first kappa shape index (κ1) is 13.5. The molecule has 0 aromatic rings. The van der Waals surface area contributed by atoms with Gasteiger partial charge in [-0.25, -0.2) is 9.59 Å². The highest BCUT2D eigenvalue weighted by molar-refractivity contribution is 5.82. The molecule has 1 aliphatic rings. The third-order valence-electron chi connectivity index (χ3n) is 2.53. The zero-order chi connectivity index (χ0) is 13.2. The Balaban J connectivity index is 2.81. The van der Waals surface area contributed by atoms with Crippen LogP contribution in [0.5, 0.6) is 0 Å². The van der Waals surface area contributed by atoms with Gasteiger partial charge >= 0.3 is 12.1 Å². The van der Waals surface area contributed by atoms with E-state index in [4.69, 9.17) is 9.84 Å². The number of carboxylic acid groups (broad SMARTS) is 1. The maximum atomic E-state index is 11.9. The Morgan fingerprint density at radius 2 is 2.06 bits per heavy atom. The first-order valence-corrected chi connectivity index (χ1v) is 5.61. The summed E-state index contributed by atoms with van der Waals surface area (Å²) < 4.78 is 5.19. The van der Waals surface area contributed by atoms with Crippen molar-refractivity contribution in [3.05, 3.63) is 11.6 Å². The molecule has 0 aromatic carbocycles. The molecular formula is C12H19NO4. The third kappa shape index (κ3) is 3.47. The van der Waals surface area contributed by atoms with Gasteiger partial charge in [0.15, 0.2) is 0 Å². The van der Waals surface area contributed by atoms with E-state index in [-0.39, 0.29) is 0 Å². The van der Waals surface area contributed by atoms with Crippen LogP contribution in [0.1, 0.15) is 34.1 Å². The average molecular weight is 241 g/mol. The molecule has 0 aromatic heterocycles. The Kier molecular flexibility index (Phi) is 3.80. The molecule has 1 N–H and O–H groups in total. The van der Waals surface area contributed by atoms with Gasteiger partial charge in [-0.05, 0) is 27.7 Å². The number of allylic oxidation sites excluding steroid dienone is 1. The summed E-state index contributed by atoms with van der Waals surface area (Å²) in [4.78, 5) is 24.2. The van der Waals surface area contributed by atoms with Gasteiger partial charge in [0, 0.05) is 13.0 Å². The summed E-state index contributed by atoms with van der Waals surface area (Å²) in [5.41, 5.74) is 0.335. The molecule has 5 heteroatoms. The maximum absolute atomic E-state index is 11.9. The molecule has 0 unspecified atom stereocenters. The van der Waals surface area contributed by atoms with E-state index in [1.165, 1.54) is 4.90 Å². The summed E-state index contributed by atoms with van der Waals surface area (Å²) in [5, 5.41) is 9.07. The SMILES string of the molecule is C/C=C1/C[C@@H](C(=O)O)N(C(=O)OC(C)(C)C)C1. The van der Waals surface area contributed by atoms with Crippen LogP contribution in [-0.2, 0) is 9.53 Å². The van der Waals surface area contributed by atoms with Gasteiger partial charge in [0.05, 0.1) is 0 Å². The first-order valence-electron chi connectivity index (χ1n) is 5.61. The van der Waals surface area contributed by atoms with Crippen molar-refractivity contribution in [3.63, 3.8) is 0 Å². The van der Waals surface area contributed by atoms with E-state index in [0.29, 0.717) is 13.0 Å². The van der Waals surface area contributed by atoms with Crippen molar-refractivity contribution in [3.8, 4) is 0 Å². The smallest absolute Gasteiger partial charge is 0.411 e. The molecule has 0 spiro atoms. The van der Waals surface area contributed by atoms with Crippen molar-refractivity contribution in [1.82, 2.24) is 4.90 Å². The Morgan fingerprint density at radius 1 is 1.47 bits per heavy atom. The van der Waals surface area contributed by atoms with Crippen molar-refractivity contribution in [2.75, 3.05) is 6.54 Å². The predicted octanol–water partition coefficient (Wildman–Crippen LogP) is 2.03. The summed E-state index contributed by atoms with van der Waals surface area (Å²) in [7, 11) is 0. The quantitative estimate of drug-likeness (QED) is 0.713.